The van der Waals surface area contributed by atoms with Crippen LogP contribution in [0.5, 0.6) is 0 Å². The van der Waals surface area contributed by atoms with Crippen molar-refractivity contribution in [3.05, 3.63) is 21.3 Å². The number of ether oxygens (including phenoxy) is 1. The largest absolute Gasteiger partial charge is 0.386 e. The molecule has 0 amide bonds. The van der Waals surface area contributed by atoms with Gasteiger partial charge in [-0.2, -0.15) is 0 Å². The first-order chi connectivity index (χ1) is 11.4. The standard InChI is InChI=1S/C17H26ClN3O2S.HI/c1-4-19-16(20-9-11(22)12-5-6-13(18)24-12)21-14-10-7-8-23-15(10)17(14,2)3;/h5-6,10-11,14-15,22H,4,7-9H2,1-3H3,(H2,19,20,21);1H. The zero-order chi connectivity index (χ0) is 17.3. The lowest BCUT2D eigenvalue weighted by Crippen LogP contribution is -2.68. The fourth-order valence-corrected chi connectivity index (χ4v) is 4.90. The fourth-order valence-electron chi connectivity index (χ4n) is 3.86. The lowest BCUT2D eigenvalue weighted by molar-refractivity contribution is -0.106. The number of aliphatic hydroxyl groups excluding tert-OH is 1. The van der Waals surface area contributed by atoms with E-state index in [1.807, 2.05) is 13.0 Å². The molecule has 1 aromatic heterocycles. The lowest BCUT2D eigenvalue weighted by atomic mass is 9.57. The summed E-state index contributed by atoms with van der Waals surface area (Å²) in [6, 6.07) is 3.99. The Bertz CT molecular complexity index is 610. The number of nitrogens with one attached hydrogen (secondary N) is 2. The summed E-state index contributed by atoms with van der Waals surface area (Å²) in [6.45, 7) is 8.46. The van der Waals surface area contributed by atoms with E-state index < -0.39 is 6.10 Å². The van der Waals surface area contributed by atoms with Crippen LogP contribution >= 0.6 is 46.9 Å². The number of fused-ring (bicyclic) bond motifs is 1. The molecule has 3 N–H and O–H groups in total. The second kappa shape index (κ2) is 8.73. The van der Waals surface area contributed by atoms with Crippen LogP contribution in [0.1, 0.15) is 38.2 Å². The highest BCUT2D eigenvalue weighted by molar-refractivity contribution is 14.0. The van der Waals surface area contributed by atoms with Gasteiger partial charge in [-0.3, -0.25) is 4.99 Å². The number of rotatable bonds is 5. The van der Waals surface area contributed by atoms with Gasteiger partial charge >= 0.3 is 0 Å². The molecule has 1 aliphatic heterocycles. The molecule has 2 aliphatic rings. The second-order valence-corrected chi connectivity index (χ2v) is 8.81. The third kappa shape index (κ3) is 4.43. The van der Waals surface area contributed by atoms with E-state index in [0.717, 1.165) is 30.4 Å². The molecule has 5 nitrogen and oxygen atoms in total. The van der Waals surface area contributed by atoms with E-state index in [9.17, 15) is 5.11 Å². The molecule has 3 rings (SSSR count). The molecular weight excluding hydrogens is 473 g/mol. The van der Waals surface area contributed by atoms with Crippen LogP contribution in [0, 0.1) is 11.3 Å². The van der Waals surface area contributed by atoms with Crippen molar-refractivity contribution >= 4 is 52.9 Å². The predicted molar refractivity (Wildman–Crippen MR) is 114 cm³/mol. The number of aliphatic hydroxyl groups is 1. The van der Waals surface area contributed by atoms with Gasteiger partial charge in [0.05, 0.1) is 17.0 Å². The minimum atomic E-state index is -0.630. The molecule has 1 saturated carbocycles. The summed E-state index contributed by atoms with van der Waals surface area (Å²) < 4.78 is 6.53. The van der Waals surface area contributed by atoms with Gasteiger partial charge in [0.1, 0.15) is 6.10 Å². The van der Waals surface area contributed by atoms with Crippen LogP contribution in [0.2, 0.25) is 4.34 Å². The van der Waals surface area contributed by atoms with Gasteiger partial charge < -0.3 is 20.5 Å². The van der Waals surface area contributed by atoms with Crippen molar-refractivity contribution in [1.29, 1.82) is 0 Å². The predicted octanol–water partition coefficient (Wildman–Crippen LogP) is 3.42. The summed E-state index contributed by atoms with van der Waals surface area (Å²) in [5.74, 6) is 1.30. The normalized spacial score (nSPS) is 28.5. The smallest absolute Gasteiger partial charge is 0.191 e. The third-order valence-corrected chi connectivity index (χ3v) is 6.41. The van der Waals surface area contributed by atoms with Crippen LogP contribution in [0.3, 0.4) is 0 Å². The second-order valence-electron chi connectivity index (χ2n) is 7.06. The van der Waals surface area contributed by atoms with Crippen molar-refractivity contribution < 1.29 is 9.84 Å². The summed E-state index contributed by atoms with van der Waals surface area (Å²) in [7, 11) is 0. The Morgan fingerprint density at radius 3 is 2.92 bits per heavy atom. The summed E-state index contributed by atoms with van der Waals surface area (Å²) in [5.41, 5.74) is 0.0945. The van der Waals surface area contributed by atoms with Gasteiger partial charge in [0, 0.05) is 35.4 Å². The molecule has 2 heterocycles. The topological polar surface area (TPSA) is 65.9 Å². The first-order valence-corrected chi connectivity index (χ1v) is 9.72. The molecule has 0 spiro atoms. The Labute approximate surface area is 175 Å². The average Bonchev–Trinajstić information content (AvgIpc) is 3.17. The molecular formula is C17H27ClIN3O2S. The molecule has 0 bridgehead atoms. The van der Waals surface area contributed by atoms with E-state index in [2.05, 4.69) is 29.5 Å². The van der Waals surface area contributed by atoms with Crippen LogP contribution in [-0.2, 0) is 4.74 Å². The maximum atomic E-state index is 10.3. The van der Waals surface area contributed by atoms with Gasteiger partial charge in [0.2, 0.25) is 0 Å². The van der Waals surface area contributed by atoms with Crippen molar-refractivity contribution in [3.8, 4) is 0 Å². The Morgan fingerprint density at radius 2 is 2.28 bits per heavy atom. The van der Waals surface area contributed by atoms with Gasteiger partial charge in [0.25, 0.3) is 0 Å². The Kier molecular flexibility index (Phi) is 7.41. The van der Waals surface area contributed by atoms with Gasteiger partial charge in [-0.05, 0) is 25.5 Å². The van der Waals surface area contributed by atoms with Crippen LogP contribution in [0.25, 0.3) is 0 Å². The number of nitrogens with zero attached hydrogens (tertiary/aromatic N) is 1. The van der Waals surface area contributed by atoms with Gasteiger partial charge in [-0.15, -0.1) is 35.3 Å². The number of halogens is 2. The lowest BCUT2D eigenvalue weighted by Gasteiger charge is -2.54. The van der Waals surface area contributed by atoms with Gasteiger partial charge in [-0.1, -0.05) is 25.4 Å². The van der Waals surface area contributed by atoms with E-state index >= 15 is 0 Å². The fraction of sp³-hybridized carbons (Fsp3) is 0.706. The first-order valence-electron chi connectivity index (χ1n) is 8.53. The maximum absolute atomic E-state index is 10.3. The summed E-state index contributed by atoms with van der Waals surface area (Å²) in [6.07, 6.45) is 0.813. The number of thiophene rings is 1. The maximum Gasteiger partial charge on any atom is 0.191 e. The van der Waals surface area contributed by atoms with Crippen LogP contribution in [0.4, 0.5) is 0 Å². The highest BCUT2D eigenvalue weighted by Gasteiger charge is 2.59. The number of guanidine groups is 1. The SMILES string of the molecule is CCNC(=NCC(O)c1ccc(Cl)s1)NC1C2CCOC2C1(C)C.I. The van der Waals surface area contributed by atoms with E-state index in [-0.39, 0.29) is 29.4 Å². The Morgan fingerprint density at radius 1 is 1.52 bits per heavy atom. The highest BCUT2D eigenvalue weighted by Crippen LogP contribution is 2.52. The van der Waals surface area contributed by atoms with Crippen molar-refractivity contribution in [2.45, 2.75) is 45.4 Å². The van der Waals surface area contributed by atoms with Crippen LogP contribution < -0.4 is 10.6 Å². The summed E-state index contributed by atoms with van der Waals surface area (Å²) in [4.78, 5) is 5.41. The van der Waals surface area contributed by atoms with Crippen molar-refractivity contribution in [3.63, 3.8) is 0 Å². The minimum Gasteiger partial charge on any atom is -0.386 e. The first kappa shape index (κ1) is 21.2. The summed E-state index contributed by atoms with van der Waals surface area (Å²) in [5, 5.41) is 17.1. The molecule has 1 aliphatic carbocycles. The van der Waals surface area contributed by atoms with Gasteiger partial charge in [0.15, 0.2) is 5.96 Å². The molecule has 142 valence electrons. The molecule has 0 radical (unpaired) electrons. The molecule has 4 atom stereocenters. The third-order valence-electron chi connectivity index (χ3n) is 5.08. The molecule has 8 heteroatoms. The zero-order valence-corrected chi connectivity index (χ0v) is 18.7. The molecule has 4 unspecified atom stereocenters. The molecule has 25 heavy (non-hydrogen) atoms. The van der Waals surface area contributed by atoms with E-state index in [1.165, 1.54) is 11.3 Å². The average molecular weight is 500 g/mol. The number of aliphatic imine (C=N–C) groups is 1. The highest BCUT2D eigenvalue weighted by atomic mass is 127. The zero-order valence-electron chi connectivity index (χ0n) is 14.8. The molecule has 1 aromatic rings. The van der Waals surface area contributed by atoms with Gasteiger partial charge in [-0.25, -0.2) is 0 Å². The summed E-state index contributed by atoms with van der Waals surface area (Å²) >= 11 is 7.32. The molecule has 2 fully saturated rings. The molecule has 1 saturated heterocycles. The van der Waals surface area contributed by atoms with E-state index in [1.54, 1.807) is 6.07 Å². The number of hydrogen-bond acceptors (Lipinski definition) is 4. The van der Waals surface area contributed by atoms with Crippen LogP contribution in [0.15, 0.2) is 17.1 Å². The Hall–Kier alpha value is -0.0900. The number of hydrogen-bond donors (Lipinski definition) is 3. The minimum absolute atomic E-state index is 0. The van der Waals surface area contributed by atoms with E-state index in [0.29, 0.717) is 28.9 Å². The van der Waals surface area contributed by atoms with Crippen molar-refractivity contribution in [1.82, 2.24) is 10.6 Å². The van der Waals surface area contributed by atoms with Crippen molar-refractivity contribution in [2.24, 2.45) is 16.3 Å². The quantitative estimate of drug-likeness (QED) is 0.330. The molecule has 0 aromatic carbocycles. The monoisotopic (exact) mass is 499 g/mol. The van der Waals surface area contributed by atoms with E-state index in [4.69, 9.17) is 16.3 Å². The van der Waals surface area contributed by atoms with Crippen molar-refractivity contribution in [2.75, 3.05) is 19.7 Å². The van der Waals surface area contributed by atoms with Crippen LogP contribution in [-0.4, -0.2) is 42.9 Å². The Balaban J connectivity index is 0.00000225.